The predicted octanol–water partition coefficient (Wildman–Crippen LogP) is 3.26. The lowest BCUT2D eigenvalue weighted by Gasteiger charge is -2.27. The Morgan fingerprint density at radius 3 is 2.48 bits per heavy atom. The SMILES string of the molecule is CCNCc1ccc(Cl)c(S(=O)(=O)N(CC)C(C)CC)c1. The highest BCUT2D eigenvalue weighted by molar-refractivity contribution is 7.89. The van der Waals surface area contributed by atoms with Crippen LogP contribution >= 0.6 is 11.6 Å². The number of hydrogen-bond donors (Lipinski definition) is 1. The molecule has 1 atom stereocenters. The van der Waals surface area contributed by atoms with Crippen molar-refractivity contribution in [3.63, 3.8) is 0 Å². The van der Waals surface area contributed by atoms with E-state index < -0.39 is 10.0 Å². The molecule has 1 rings (SSSR count). The Balaban J connectivity index is 3.22. The van der Waals surface area contributed by atoms with Crippen LogP contribution in [0.15, 0.2) is 23.1 Å². The summed E-state index contributed by atoms with van der Waals surface area (Å²) in [4.78, 5) is 0.196. The van der Waals surface area contributed by atoms with Gasteiger partial charge in [-0.25, -0.2) is 8.42 Å². The Hall–Kier alpha value is -0.620. The van der Waals surface area contributed by atoms with Gasteiger partial charge in [0.25, 0.3) is 0 Å². The molecule has 1 unspecified atom stereocenters. The molecule has 6 heteroatoms. The molecule has 0 saturated carbocycles. The Labute approximate surface area is 133 Å². The molecule has 4 nitrogen and oxygen atoms in total. The van der Waals surface area contributed by atoms with Crippen LogP contribution in [0.25, 0.3) is 0 Å². The molecule has 0 heterocycles. The molecular weight excluding hydrogens is 308 g/mol. The Bertz CT molecular complexity index is 561. The zero-order chi connectivity index (χ0) is 16.0. The highest BCUT2D eigenvalue weighted by Gasteiger charge is 2.28. The summed E-state index contributed by atoms with van der Waals surface area (Å²) >= 11 is 6.14. The van der Waals surface area contributed by atoms with E-state index in [9.17, 15) is 8.42 Å². The fraction of sp³-hybridized carbons (Fsp3) is 0.600. The van der Waals surface area contributed by atoms with Gasteiger partial charge in [0.2, 0.25) is 10.0 Å². The first-order valence-corrected chi connectivity index (χ1v) is 9.21. The van der Waals surface area contributed by atoms with Gasteiger partial charge in [-0.2, -0.15) is 4.31 Å². The van der Waals surface area contributed by atoms with Crippen LogP contribution in [0.1, 0.15) is 39.7 Å². The maximum absolute atomic E-state index is 12.8. The lowest BCUT2D eigenvalue weighted by atomic mass is 10.2. The van der Waals surface area contributed by atoms with Gasteiger partial charge in [-0.05, 0) is 37.6 Å². The second kappa shape index (κ2) is 8.13. The van der Waals surface area contributed by atoms with Crippen molar-refractivity contribution < 1.29 is 8.42 Å². The Kier molecular flexibility index (Phi) is 7.13. The van der Waals surface area contributed by atoms with Crippen molar-refractivity contribution >= 4 is 21.6 Å². The molecule has 1 N–H and O–H groups in total. The molecule has 0 aliphatic carbocycles. The third-order valence-electron chi connectivity index (χ3n) is 3.56. The third kappa shape index (κ3) is 4.42. The minimum Gasteiger partial charge on any atom is -0.313 e. The molecule has 0 fully saturated rings. The molecule has 0 radical (unpaired) electrons. The van der Waals surface area contributed by atoms with E-state index in [0.29, 0.717) is 13.1 Å². The smallest absolute Gasteiger partial charge is 0.244 e. The first kappa shape index (κ1) is 18.4. The summed E-state index contributed by atoms with van der Waals surface area (Å²) in [5.41, 5.74) is 0.917. The van der Waals surface area contributed by atoms with Crippen LogP contribution in [-0.2, 0) is 16.6 Å². The van der Waals surface area contributed by atoms with E-state index in [2.05, 4.69) is 5.32 Å². The minimum absolute atomic E-state index is 0.0477. The number of halogens is 1. The highest BCUT2D eigenvalue weighted by atomic mass is 35.5. The topological polar surface area (TPSA) is 49.4 Å². The number of nitrogens with one attached hydrogen (secondary N) is 1. The second-order valence-corrected chi connectivity index (χ2v) is 7.28. The van der Waals surface area contributed by atoms with Gasteiger partial charge in [-0.15, -0.1) is 0 Å². The van der Waals surface area contributed by atoms with Gasteiger partial charge in [-0.1, -0.05) is 38.4 Å². The van der Waals surface area contributed by atoms with E-state index in [1.54, 1.807) is 12.1 Å². The van der Waals surface area contributed by atoms with Gasteiger partial charge in [0.05, 0.1) is 5.02 Å². The standard InChI is InChI=1S/C15H25ClN2O2S/c1-5-12(4)18(7-3)21(19,20)15-10-13(11-17-6-2)8-9-14(15)16/h8-10,12,17H,5-7,11H2,1-4H3. The molecule has 0 aliphatic rings. The number of rotatable bonds is 8. The first-order chi connectivity index (χ1) is 9.88. The van der Waals surface area contributed by atoms with Gasteiger partial charge in [0.15, 0.2) is 0 Å². The second-order valence-electron chi connectivity index (χ2n) is 5.01. The van der Waals surface area contributed by atoms with Crippen molar-refractivity contribution in [2.75, 3.05) is 13.1 Å². The van der Waals surface area contributed by atoms with Gasteiger partial charge in [0.1, 0.15) is 4.90 Å². The summed E-state index contributed by atoms with van der Waals surface area (Å²) in [5, 5.41) is 3.46. The molecule has 0 amide bonds. The lowest BCUT2D eigenvalue weighted by Crippen LogP contribution is -2.38. The van der Waals surface area contributed by atoms with Crippen molar-refractivity contribution in [3.05, 3.63) is 28.8 Å². The molecule has 0 bridgehead atoms. The maximum Gasteiger partial charge on any atom is 0.244 e. The highest BCUT2D eigenvalue weighted by Crippen LogP contribution is 2.27. The number of nitrogens with zero attached hydrogens (tertiary/aromatic N) is 1. The summed E-state index contributed by atoms with van der Waals surface area (Å²) in [5.74, 6) is 0. The van der Waals surface area contributed by atoms with E-state index >= 15 is 0 Å². The normalized spacial score (nSPS) is 13.6. The minimum atomic E-state index is -3.57. The summed E-state index contributed by atoms with van der Waals surface area (Å²) < 4.78 is 27.2. The van der Waals surface area contributed by atoms with Crippen LogP contribution in [0.3, 0.4) is 0 Å². The summed E-state index contributed by atoms with van der Waals surface area (Å²) in [6.45, 7) is 9.65. The largest absolute Gasteiger partial charge is 0.313 e. The van der Waals surface area contributed by atoms with Crippen LogP contribution in [0, 0.1) is 0 Å². The molecule has 0 aromatic heterocycles. The third-order valence-corrected chi connectivity index (χ3v) is 6.13. The molecule has 1 aromatic carbocycles. The molecule has 0 spiro atoms. The Morgan fingerprint density at radius 2 is 1.95 bits per heavy atom. The number of sulfonamides is 1. The van der Waals surface area contributed by atoms with Crippen molar-refractivity contribution in [3.8, 4) is 0 Å². The van der Waals surface area contributed by atoms with Crippen LogP contribution in [-0.4, -0.2) is 31.9 Å². The first-order valence-electron chi connectivity index (χ1n) is 7.39. The number of hydrogen-bond acceptors (Lipinski definition) is 3. The fourth-order valence-corrected chi connectivity index (χ4v) is 4.41. The van der Waals surface area contributed by atoms with Crippen molar-refractivity contribution in [2.24, 2.45) is 0 Å². The Morgan fingerprint density at radius 1 is 1.29 bits per heavy atom. The summed E-state index contributed by atoms with van der Waals surface area (Å²) in [7, 11) is -3.57. The summed E-state index contributed by atoms with van der Waals surface area (Å²) in [6.07, 6.45) is 0.766. The van der Waals surface area contributed by atoms with Crippen molar-refractivity contribution in [2.45, 2.75) is 51.6 Å². The molecule has 120 valence electrons. The van der Waals surface area contributed by atoms with E-state index in [1.165, 1.54) is 4.31 Å². The van der Waals surface area contributed by atoms with Crippen LogP contribution < -0.4 is 5.32 Å². The fourth-order valence-electron chi connectivity index (χ4n) is 2.17. The van der Waals surface area contributed by atoms with E-state index in [0.717, 1.165) is 18.5 Å². The molecule has 0 aliphatic heterocycles. The zero-order valence-electron chi connectivity index (χ0n) is 13.2. The zero-order valence-corrected chi connectivity index (χ0v) is 14.8. The average molecular weight is 333 g/mol. The maximum atomic E-state index is 12.8. The molecule has 1 aromatic rings. The van der Waals surface area contributed by atoms with Crippen LogP contribution in [0.4, 0.5) is 0 Å². The van der Waals surface area contributed by atoms with E-state index in [-0.39, 0.29) is 16.0 Å². The molecular formula is C15H25ClN2O2S. The lowest BCUT2D eigenvalue weighted by molar-refractivity contribution is 0.342. The summed E-state index contributed by atoms with van der Waals surface area (Å²) in [6, 6.07) is 5.13. The quantitative estimate of drug-likeness (QED) is 0.795. The van der Waals surface area contributed by atoms with Gasteiger partial charge < -0.3 is 5.32 Å². The van der Waals surface area contributed by atoms with E-state index in [1.807, 2.05) is 33.8 Å². The van der Waals surface area contributed by atoms with Crippen LogP contribution in [0.2, 0.25) is 5.02 Å². The number of benzene rings is 1. The van der Waals surface area contributed by atoms with Crippen molar-refractivity contribution in [1.82, 2.24) is 9.62 Å². The molecule has 0 saturated heterocycles. The average Bonchev–Trinajstić information content (AvgIpc) is 2.46. The van der Waals surface area contributed by atoms with Gasteiger partial charge >= 0.3 is 0 Å². The monoisotopic (exact) mass is 332 g/mol. The van der Waals surface area contributed by atoms with Gasteiger partial charge in [-0.3, -0.25) is 0 Å². The van der Waals surface area contributed by atoms with Crippen LogP contribution in [0.5, 0.6) is 0 Å². The van der Waals surface area contributed by atoms with Crippen molar-refractivity contribution in [1.29, 1.82) is 0 Å². The van der Waals surface area contributed by atoms with E-state index in [4.69, 9.17) is 11.6 Å². The van der Waals surface area contributed by atoms with Gasteiger partial charge in [0, 0.05) is 19.1 Å². The predicted molar refractivity (Wildman–Crippen MR) is 88.2 cm³/mol. The molecule has 21 heavy (non-hydrogen) atoms.